The molecule has 1 saturated carbocycles. The molecule has 4 aromatic heterocycles. The summed E-state index contributed by atoms with van der Waals surface area (Å²) in [5, 5.41) is 40.6. The SMILES string of the molecule is CC(C)(C)Cc1cc(O)c(-c2ccccc2)c(=O)[nH]1.CC(C)CCc1cc(O)c(-c2ccccc2)c(=O)[nH]1.O=c1[nH]c(CC2CCC(F)(F)CC2)cc(O)c1-c1ccccc1.O=c1[nH]c(CC2CCOCC2)cc(O)c1-c1ccccc1. The van der Waals surface area contributed by atoms with Gasteiger partial charge < -0.3 is 45.1 Å². The predicted octanol–water partition coefficient (Wildman–Crippen LogP) is 13.5. The molecule has 1 aliphatic heterocycles. The maximum absolute atomic E-state index is 13.2. The van der Waals surface area contributed by atoms with Crippen LogP contribution in [0.3, 0.4) is 0 Å². The van der Waals surface area contributed by atoms with Gasteiger partial charge >= 0.3 is 0 Å². The van der Waals surface area contributed by atoms with Crippen molar-refractivity contribution in [3.63, 3.8) is 0 Å². The predicted molar refractivity (Wildman–Crippen MR) is 321 cm³/mol. The molecule has 1 saturated heterocycles. The smallest absolute Gasteiger partial charge is 0.259 e. The van der Waals surface area contributed by atoms with Crippen molar-refractivity contribution in [1.29, 1.82) is 0 Å². The van der Waals surface area contributed by atoms with Gasteiger partial charge in [-0.2, -0.15) is 0 Å². The highest BCUT2D eigenvalue weighted by Gasteiger charge is 2.35. The largest absolute Gasteiger partial charge is 0.507 e. The lowest BCUT2D eigenvalue weighted by molar-refractivity contribution is -0.0457. The van der Waals surface area contributed by atoms with Gasteiger partial charge in [-0.1, -0.05) is 156 Å². The van der Waals surface area contributed by atoms with E-state index < -0.39 is 5.92 Å². The van der Waals surface area contributed by atoms with Gasteiger partial charge in [0.25, 0.3) is 22.2 Å². The van der Waals surface area contributed by atoms with E-state index in [9.17, 15) is 48.4 Å². The second kappa shape index (κ2) is 28.4. The van der Waals surface area contributed by atoms with Gasteiger partial charge in [0.15, 0.2) is 0 Å². The Balaban J connectivity index is 0.000000158. The molecule has 8 N–H and O–H groups in total. The Morgan fingerprint density at radius 2 is 0.793 bits per heavy atom. The molecule has 4 aromatic carbocycles. The first-order valence-electron chi connectivity index (χ1n) is 28.1. The number of aryl methyl sites for hydroxylation is 1. The molecule has 8 aromatic rings. The molecule has 1 aliphatic carbocycles. The third-order valence-corrected chi connectivity index (χ3v) is 14.4. The van der Waals surface area contributed by atoms with Gasteiger partial charge in [-0.15, -0.1) is 0 Å². The van der Waals surface area contributed by atoms with Crippen LogP contribution >= 0.6 is 0 Å². The Kier molecular flexibility index (Phi) is 21.2. The summed E-state index contributed by atoms with van der Waals surface area (Å²) >= 11 is 0. The lowest BCUT2D eigenvalue weighted by Crippen LogP contribution is -2.26. The minimum absolute atomic E-state index is 0.0363. The van der Waals surface area contributed by atoms with E-state index in [-0.39, 0.29) is 75.0 Å². The number of H-pyrrole nitrogens is 4. The molecule has 0 radical (unpaired) electrons. The summed E-state index contributed by atoms with van der Waals surface area (Å²) in [6.45, 7) is 12.1. The van der Waals surface area contributed by atoms with Crippen molar-refractivity contribution in [2.75, 3.05) is 13.2 Å². The van der Waals surface area contributed by atoms with Crippen LogP contribution in [0.5, 0.6) is 23.0 Å². The molecule has 82 heavy (non-hydrogen) atoms. The number of aromatic nitrogens is 4. The number of hydrogen-bond donors (Lipinski definition) is 8. The van der Waals surface area contributed by atoms with Crippen molar-refractivity contribution >= 4 is 0 Å². The van der Waals surface area contributed by atoms with E-state index in [0.717, 1.165) is 79.1 Å². The zero-order valence-corrected chi connectivity index (χ0v) is 47.4. The van der Waals surface area contributed by atoms with Gasteiger partial charge in [-0.05, 0) is 103 Å². The number of alkyl halides is 2. The van der Waals surface area contributed by atoms with Crippen molar-refractivity contribution in [1.82, 2.24) is 19.9 Å². The number of ether oxygens (including phenoxy) is 1. The van der Waals surface area contributed by atoms with Crippen LogP contribution in [-0.4, -0.2) is 59.5 Å². The topological polar surface area (TPSA) is 222 Å². The molecular formula is C67H76F2N4O9. The summed E-state index contributed by atoms with van der Waals surface area (Å²) in [7, 11) is 0. The minimum atomic E-state index is -2.55. The first-order valence-corrected chi connectivity index (χ1v) is 28.1. The number of hydrogen-bond acceptors (Lipinski definition) is 9. The highest BCUT2D eigenvalue weighted by molar-refractivity contribution is 5.71. The van der Waals surface area contributed by atoms with E-state index >= 15 is 0 Å². The van der Waals surface area contributed by atoms with Crippen LogP contribution in [0, 0.1) is 23.2 Å². The Morgan fingerprint density at radius 1 is 0.488 bits per heavy atom. The maximum Gasteiger partial charge on any atom is 0.259 e. The van der Waals surface area contributed by atoms with Gasteiger partial charge in [0.05, 0.1) is 22.3 Å². The van der Waals surface area contributed by atoms with Crippen molar-refractivity contribution in [3.8, 4) is 67.5 Å². The van der Waals surface area contributed by atoms with Crippen LogP contribution in [0.2, 0.25) is 0 Å². The lowest BCUT2D eigenvalue weighted by Gasteiger charge is -2.28. The Labute approximate surface area is 476 Å². The van der Waals surface area contributed by atoms with Crippen molar-refractivity contribution in [2.24, 2.45) is 23.2 Å². The molecule has 0 unspecified atom stereocenters. The van der Waals surface area contributed by atoms with Gasteiger partial charge in [0.2, 0.25) is 5.92 Å². The van der Waals surface area contributed by atoms with E-state index in [1.54, 1.807) is 42.5 Å². The van der Waals surface area contributed by atoms with E-state index in [2.05, 4.69) is 54.6 Å². The van der Waals surface area contributed by atoms with E-state index in [0.29, 0.717) is 65.5 Å². The third-order valence-electron chi connectivity index (χ3n) is 14.4. The van der Waals surface area contributed by atoms with Crippen LogP contribution in [0.4, 0.5) is 8.78 Å². The number of halogens is 2. The zero-order chi connectivity index (χ0) is 59.0. The minimum Gasteiger partial charge on any atom is -0.507 e. The molecular weight excluding hydrogens is 1040 g/mol. The van der Waals surface area contributed by atoms with Gasteiger partial charge in [0.1, 0.15) is 23.0 Å². The molecule has 15 heteroatoms. The van der Waals surface area contributed by atoms with Crippen LogP contribution < -0.4 is 22.2 Å². The second-order valence-corrected chi connectivity index (χ2v) is 22.9. The molecule has 0 atom stereocenters. The standard InChI is InChI=1S/C18H19F2NO2.C17H19NO3.2C16H19NO2/c19-18(20)8-6-12(7-9-18)10-14-11-15(22)16(17(23)21-14)13-4-2-1-3-5-13;19-15-11-14(10-12-6-8-21-9-7-12)18-17(20)16(15)13-4-2-1-3-5-13;1-16(2,3)10-12-9-13(18)14(15(19)17-12)11-7-5-4-6-8-11;1-11(2)8-9-13-10-14(18)15(16(19)17-13)12-6-4-3-5-7-12/h1-5,11-12H,6-10H2,(H2,21,22,23);1-5,11-12H,6-10H2,(H2,18,19,20);4-9H,10H2,1-3H3,(H2,17,18,19);3-7,10-11H,8-9H2,1-2H3,(H2,17,18,19). The number of pyridine rings is 4. The fourth-order valence-corrected chi connectivity index (χ4v) is 10.3. The van der Waals surface area contributed by atoms with Crippen LogP contribution in [-0.2, 0) is 30.4 Å². The fourth-order valence-electron chi connectivity index (χ4n) is 10.3. The molecule has 13 nitrogen and oxygen atoms in total. The van der Waals surface area contributed by atoms with Crippen molar-refractivity contribution < 1.29 is 33.9 Å². The lowest BCUT2D eigenvalue weighted by atomic mass is 9.84. The average molecular weight is 1120 g/mol. The van der Waals surface area contributed by atoms with Gasteiger partial charge in [0, 0.05) is 73.1 Å². The number of aromatic hydroxyl groups is 4. The van der Waals surface area contributed by atoms with Crippen LogP contribution in [0.15, 0.2) is 165 Å². The summed E-state index contributed by atoms with van der Waals surface area (Å²) in [5.74, 6) is -1.29. The summed E-state index contributed by atoms with van der Waals surface area (Å²) in [6, 6.07) is 43.1. The summed E-state index contributed by atoms with van der Waals surface area (Å²) in [4.78, 5) is 60.2. The molecule has 10 rings (SSSR count). The Morgan fingerprint density at radius 3 is 1.12 bits per heavy atom. The first-order chi connectivity index (χ1) is 39.1. The highest BCUT2D eigenvalue weighted by Crippen LogP contribution is 2.38. The zero-order valence-electron chi connectivity index (χ0n) is 47.4. The van der Waals surface area contributed by atoms with E-state index in [4.69, 9.17) is 4.74 Å². The van der Waals surface area contributed by atoms with Crippen molar-refractivity contribution in [3.05, 3.63) is 210 Å². The fraction of sp³-hybridized carbons (Fsp3) is 0.343. The van der Waals surface area contributed by atoms with Gasteiger partial charge in [-0.25, -0.2) is 8.78 Å². The number of benzene rings is 4. The molecule has 2 fully saturated rings. The van der Waals surface area contributed by atoms with Crippen molar-refractivity contribution in [2.45, 2.75) is 111 Å². The summed E-state index contributed by atoms with van der Waals surface area (Å²) < 4.78 is 31.7. The summed E-state index contributed by atoms with van der Waals surface area (Å²) in [6.07, 6.45) is 6.44. The number of aromatic amines is 4. The number of rotatable bonds is 12. The van der Waals surface area contributed by atoms with E-state index in [1.807, 2.05) is 97.1 Å². The van der Waals surface area contributed by atoms with Crippen LogP contribution in [0.1, 0.15) is 102 Å². The molecule has 0 amide bonds. The highest BCUT2D eigenvalue weighted by atomic mass is 19.3. The number of nitrogens with one attached hydrogen (secondary N) is 4. The molecule has 0 bridgehead atoms. The molecule has 5 heterocycles. The second-order valence-electron chi connectivity index (χ2n) is 22.9. The Hall–Kier alpha value is -8.30. The van der Waals surface area contributed by atoms with Gasteiger partial charge in [-0.3, -0.25) is 19.2 Å². The van der Waals surface area contributed by atoms with E-state index in [1.165, 1.54) is 6.07 Å². The third kappa shape index (κ3) is 17.8. The molecule has 0 spiro atoms. The quantitative estimate of drug-likeness (QED) is 0.0582. The molecule has 2 aliphatic rings. The normalized spacial score (nSPS) is 14.3. The summed E-state index contributed by atoms with van der Waals surface area (Å²) in [5.41, 5.74) is 6.03. The Bertz CT molecular complexity index is 3560. The maximum atomic E-state index is 13.2. The monoisotopic (exact) mass is 1120 g/mol. The van der Waals surface area contributed by atoms with Crippen LogP contribution in [0.25, 0.3) is 44.5 Å². The average Bonchev–Trinajstić information content (AvgIpc) is 3.61. The first kappa shape index (κ1) is 61.3. The molecule has 432 valence electrons.